The van der Waals surface area contributed by atoms with E-state index < -0.39 is 0 Å². The van der Waals surface area contributed by atoms with Crippen molar-refractivity contribution < 1.29 is 9.90 Å². The van der Waals surface area contributed by atoms with Gasteiger partial charge < -0.3 is 10.4 Å². The van der Waals surface area contributed by atoms with Crippen LogP contribution in [0.4, 0.5) is 0 Å². The summed E-state index contributed by atoms with van der Waals surface area (Å²) in [6, 6.07) is 5.55. The van der Waals surface area contributed by atoms with E-state index in [2.05, 4.69) is 17.9 Å². The van der Waals surface area contributed by atoms with Gasteiger partial charge in [0.05, 0.1) is 0 Å². The van der Waals surface area contributed by atoms with Crippen molar-refractivity contribution in [3.05, 3.63) is 29.3 Å². The van der Waals surface area contributed by atoms with Crippen LogP contribution in [0.2, 0.25) is 0 Å². The Kier molecular flexibility index (Phi) is 6.22. The highest BCUT2D eigenvalue weighted by molar-refractivity contribution is 7.80. The van der Waals surface area contributed by atoms with Crippen molar-refractivity contribution >= 4 is 18.5 Å². The highest BCUT2D eigenvalue weighted by Gasteiger charge is 2.08. The fourth-order valence-electron chi connectivity index (χ4n) is 1.69. The zero-order chi connectivity index (χ0) is 13.5. The topological polar surface area (TPSA) is 49.3 Å². The first-order valence-electron chi connectivity index (χ1n) is 6.23. The molecule has 0 aliphatic heterocycles. The second kappa shape index (κ2) is 7.44. The first-order chi connectivity index (χ1) is 8.54. The third-order valence-corrected chi connectivity index (χ3v) is 3.21. The molecule has 1 amide bonds. The molecule has 0 bridgehead atoms. The van der Waals surface area contributed by atoms with Gasteiger partial charge in [0.1, 0.15) is 0 Å². The van der Waals surface area contributed by atoms with Crippen LogP contribution in [0.1, 0.15) is 35.7 Å². The zero-order valence-electron chi connectivity index (χ0n) is 10.9. The molecule has 0 aliphatic rings. The summed E-state index contributed by atoms with van der Waals surface area (Å²) in [5, 5.41) is 11.8. The van der Waals surface area contributed by atoms with Gasteiger partial charge in [0.15, 0.2) is 0 Å². The fraction of sp³-hybridized carbons (Fsp3) is 0.500. The van der Waals surface area contributed by atoms with Crippen LogP contribution in [0.15, 0.2) is 23.1 Å². The first-order valence-corrected chi connectivity index (χ1v) is 6.68. The summed E-state index contributed by atoms with van der Waals surface area (Å²) in [5.74, 6) is 0.240. The first kappa shape index (κ1) is 15.1. The summed E-state index contributed by atoms with van der Waals surface area (Å²) in [7, 11) is 0. The molecule has 4 heteroatoms. The molecule has 0 aliphatic carbocycles. The second-order valence-electron chi connectivity index (χ2n) is 4.69. The van der Waals surface area contributed by atoms with E-state index in [0.29, 0.717) is 18.0 Å². The quantitative estimate of drug-likeness (QED) is 0.547. The van der Waals surface area contributed by atoms with Gasteiger partial charge in [-0.3, -0.25) is 4.79 Å². The lowest BCUT2D eigenvalue weighted by atomic mass is 10.1. The maximum Gasteiger partial charge on any atom is 0.251 e. The van der Waals surface area contributed by atoms with Crippen molar-refractivity contribution in [3.63, 3.8) is 0 Å². The van der Waals surface area contributed by atoms with Crippen LogP contribution in [-0.4, -0.2) is 24.2 Å². The van der Waals surface area contributed by atoms with E-state index in [-0.39, 0.29) is 12.5 Å². The molecule has 1 rings (SSSR count). The summed E-state index contributed by atoms with van der Waals surface area (Å²) < 4.78 is 0. The number of thiol groups is 1. The lowest BCUT2D eigenvalue weighted by Crippen LogP contribution is -2.25. The minimum Gasteiger partial charge on any atom is -0.396 e. The highest BCUT2D eigenvalue weighted by atomic mass is 32.1. The molecule has 0 aromatic heterocycles. The molecule has 3 nitrogen and oxygen atoms in total. The van der Waals surface area contributed by atoms with Gasteiger partial charge in [-0.1, -0.05) is 13.0 Å². The van der Waals surface area contributed by atoms with Crippen molar-refractivity contribution in [2.24, 2.45) is 5.92 Å². The molecule has 18 heavy (non-hydrogen) atoms. The number of aliphatic hydroxyl groups excluding tert-OH is 1. The van der Waals surface area contributed by atoms with Gasteiger partial charge >= 0.3 is 0 Å². The highest BCUT2D eigenvalue weighted by Crippen LogP contribution is 2.14. The third kappa shape index (κ3) is 4.70. The predicted octanol–water partition coefficient (Wildman–Crippen LogP) is 2.42. The van der Waals surface area contributed by atoms with Gasteiger partial charge in [0, 0.05) is 23.6 Å². The van der Waals surface area contributed by atoms with Crippen molar-refractivity contribution in [2.45, 2.75) is 31.6 Å². The molecule has 1 unspecified atom stereocenters. The van der Waals surface area contributed by atoms with E-state index in [1.165, 1.54) is 0 Å². The number of hydrogen-bond donors (Lipinski definition) is 3. The normalized spacial score (nSPS) is 12.2. The Balaban J connectivity index is 2.43. The maximum absolute atomic E-state index is 11.9. The number of aliphatic hydroxyl groups is 1. The molecule has 0 heterocycles. The molecule has 1 aromatic rings. The van der Waals surface area contributed by atoms with E-state index in [9.17, 15) is 4.79 Å². The number of hydrogen-bond acceptors (Lipinski definition) is 3. The van der Waals surface area contributed by atoms with E-state index in [1.54, 1.807) is 6.07 Å². The van der Waals surface area contributed by atoms with Gasteiger partial charge in [0.25, 0.3) is 5.91 Å². The van der Waals surface area contributed by atoms with Crippen LogP contribution < -0.4 is 5.32 Å². The lowest BCUT2D eigenvalue weighted by Gasteiger charge is -2.10. The molecule has 0 fully saturated rings. The summed E-state index contributed by atoms with van der Waals surface area (Å²) in [5.41, 5.74) is 1.63. The minimum atomic E-state index is -0.0555. The van der Waals surface area contributed by atoms with Crippen LogP contribution in [0, 0.1) is 12.8 Å². The summed E-state index contributed by atoms with van der Waals surface area (Å²) in [6.07, 6.45) is 1.80. The fourth-order valence-corrected chi connectivity index (χ4v) is 1.90. The molecule has 0 saturated heterocycles. The molecule has 2 N–H and O–H groups in total. The van der Waals surface area contributed by atoms with E-state index >= 15 is 0 Å². The number of benzene rings is 1. The van der Waals surface area contributed by atoms with E-state index in [0.717, 1.165) is 23.3 Å². The zero-order valence-corrected chi connectivity index (χ0v) is 11.8. The minimum absolute atomic E-state index is 0.0555. The van der Waals surface area contributed by atoms with Gasteiger partial charge in [-0.15, -0.1) is 12.6 Å². The molecule has 1 aromatic carbocycles. The number of rotatable bonds is 6. The Labute approximate surface area is 114 Å². The number of aryl methyl sites for hydroxylation is 1. The monoisotopic (exact) mass is 267 g/mol. The summed E-state index contributed by atoms with van der Waals surface area (Å²) in [6.45, 7) is 4.75. The van der Waals surface area contributed by atoms with E-state index in [1.807, 2.05) is 26.0 Å². The van der Waals surface area contributed by atoms with Gasteiger partial charge in [-0.2, -0.15) is 0 Å². The summed E-state index contributed by atoms with van der Waals surface area (Å²) >= 11 is 4.24. The number of carbonyl (C=O) groups excluding carboxylic acids is 1. The molecular weight excluding hydrogens is 246 g/mol. The second-order valence-corrected chi connectivity index (χ2v) is 5.20. The average molecular weight is 267 g/mol. The van der Waals surface area contributed by atoms with Gasteiger partial charge in [-0.05, 0) is 43.4 Å². The lowest BCUT2D eigenvalue weighted by molar-refractivity contribution is 0.0951. The van der Waals surface area contributed by atoms with Crippen molar-refractivity contribution in [1.29, 1.82) is 0 Å². The summed E-state index contributed by atoms with van der Waals surface area (Å²) in [4.78, 5) is 12.7. The Morgan fingerprint density at radius 2 is 2.22 bits per heavy atom. The average Bonchev–Trinajstić information content (AvgIpc) is 2.36. The van der Waals surface area contributed by atoms with E-state index in [4.69, 9.17) is 5.11 Å². The molecule has 0 spiro atoms. The number of nitrogens with one attached hydrogen (secondary N) is 1. The molecule has 1 atom stereocenters. The Morgan fingerprint density at radius 3 is 2.89 bits per heavy atom. The van der Waals surface area contributed by atoms with Crippen LogP contribution in [0.25, 0.3) is 0 Å². The number of carbonyl (C=O) groups is 1. The van der Waals surface area contributed by atoms with Gasteiger partial charge in [-0.25, -0.2) is 0 Å². The molecule has 100 valence electrons. The maximum atomic E-state index is 11.9. The molecule has 0 radical (unpaired) electrons. The SMILES string of the molecule is Cc1ccc(S)cc1C(=O)NCCCC(C)CO. The Hall–Kier alpha value is -1.00. The number of amides is 1. The standard InChI is InChI=1S/C14H21NO2S/c1-10(9-16)4-3-7-15-14(17)13-8-12(18)6-5-11(13)2/h5-6,8,10,16,18H,3-4,7,9H2,1-2H3,(H,15,17). The van der Waals surface area contributed by atoms with Crippen LogP contribution in [-0.2, 0) is 0 Å². The molecule has 0 saturated carbocycles. The van der Waals surface area contributed by atoms with Crippen molar-refractivity contribution in [1.82, 2.24) is 5.32 Å². The molecular formula is C14H21NO2S. The Bertz CT molecular complexity index is 407. The Morgan fingerprint density at radius 1 is 1.50 bits per heavy atom. The predicted molar refractivity (Wildman–Crippen MR) is 76.2 cm³/mol. The van der Waals surface area contributed by atoms with Crippen LogP contribution in [0.3, 0.4) is 0 Å². The largest absolute Gasteiger partial charge is 0.396 e. The van der Waals surface area contributed by atoms with Crippen LogP contribution in [0.5, 0.6) is 0 Å². The van der Waals surface area contributed by atoms with Crippen molar-refractivity contribution in [2.75, 3.05) is 13.2 Å². The smallest absolute Gasteiger partial charge is 0.251 e. The van der Waals surface area contributed by atoms with Gasteiger partial charge in [0.2, 0.25) is 0 Å². The van der Waals surface area contributed by atoms with Crippen LogP contribution >= 0.6 is 12.6 Å². The third-order valence-electron chi connectivity index (χ3n) is 2.94. The van der Waals surface area contributed by atoms with Crippen molar-refractivity contribution in [3.8, 4) is 0 Å².